The van der Waals surface area contributed by atoms with Crippen LogP contribution in [0.3, 0.4) is 0 Å². The number of nitrogens with one attached hydrogen (secondary N) is 2. The largest absolute Gasteiger partial charge is 0.343 e. The van der Waals surface area contributed by atoms with Crippen LogP contribution >= 0.6 is 24.0 Å². The van der Waals surface area contributed by atoms with Gasteiger partial charge in [0.2, 0.25) is 11.8 Å². The van der Waals surface area contributed by atoms with Gasteiger partial charge in [-0.2, -0.15) is 0 Å². The van der Waals surface area contributed by atoms with Gasteiger partial charge in [0.15, 0.2) is 0 Å². The highest BCUT2D eigenvalue weighted by Crippen LogP contribution is 2.33. The van der Waals surface area contributed by atoms with Crippen molar-refractivity contribution < 1.29 is 9.59 Å². The third kappa shape index (κ3) is 4.25. The van der Waals surface area contributed by atoms with Crippen molar-refractivity contribution in [2.75, 3.05) is 11.4 Å². The van der Waals surface area contributed by atoms with E-state index in [0.717, 1.165) is 24.9 Å². The van der Waals surface area contributed by atoms with E-state index in [4.69, 9.17) is 11.6 Å². The Morgan fingerprint density at radius 2 is 1.93 bits per heavy atom. The van der Waals surface area contributed by atoms with E-state index < -0.39 is 6.04 Å². The Bertz CT molecular complexity index is 686. The highest BCUT2D eigenvalue weighted by molar-refractivity contribution is 6.33. The highest BCUT2D eigenvalue weighted by atomic mass is 35.5. The maximum Gasteiger partial charge on any atom is 0.249 e. The van der Waals surface area contributed by atoms with Gasteiger partial charge in [0.05, 0.1) is 16.8 Å². The summed E-state index contributed by atoms with van der Waals surface area (Å²) in [4.78, 5) is 27.4. The van der Waals surface area contributed by atoms with Gasteiger partial charge in [0.1, 0.15) is 6.04 Å². The van der Waals surface area contributed by atoms with Crippen LogP contribution in [0.5, 0.6) is 0 Å². The quantitative estimate of drug-likeness (QED) is 0.801. The van der Waals surface area contributed by atoms with Gasteiger partial charge in [-0.3, -0.25) is 9.59 Å². The summed E-state index contributed by atoms with van der Waals surface area (Å²) in [5, 5.41) is 7.06. The summed E-state index contributed by atoms with van der Waals surface area (Å²) in [7, 11) is 0. The van der Waals surface area contributed by atoms with Crippen molar-refractivity contribution in [2.24, 2.45) is 5.92 Å². The molecule has 2 saturated heterocycles. The van der Waals surface area contributed by atoms with Crippen molar-refractivity contribution in [3.05, 3.63) is 29.3 Å². The van der Waals surface area contributed by atoms with Gasteiger partial charge in [-0.1, -0.05) is 36.6 Å². The van der Waals surface area contributed by atoms with Crippen LogP contribution in [-0.4, -0.2) is 36.5 Å². The monoisotopic (exact) mass is 411 g/mol. The number of fused-ring (bicyclic) bond motifs is 1. The molecule has 4 unspecified atom stereocenters. The van der Waals surface area contributed by atoms with Gasteiger partial charge < -0.3 is 15.5 Å². The lowest BCUT2D eigenvalue weighted by atomic mass is 9.85. The summed E-state index contributed by atoms with van der Waals surface area (Å²) in [5.41, 5.74) is 0.725. The zero-order valence-corrected chi connectivity index (χ0v) is 16.9. The molecule has 2 N–H and O–H groups in total. The molecule has 2 amide bonds. The third-order valence-corrected chi connectivity index (χ3v) is 6.40. The second-order valence-corrected chi connectivity index (χ2v) is 8.16. The van der Waals surface area contributed by atoms with E-state index in [-0.39, 0.29) is 30.3 Å². The number of carbonyl (C=O) groups excluding carboxylic acids is 2. The van der Waals surface area contributed by atoms with Crippen LogP contribution in [0, 0.1) is 5.92 Å². The first kappa shape index (κ1) is 20.4. The Morgan fingerprint density at radius 1 is 1.15 bits per heavy atom. The standard InChI is InChI=1S/C20H26ClN3O2.ClH/c21-14-7-2-4-10-18(14)24-11-5-9-16(20(24)26)23-19(25)17-12-13-6-1-3-8-15(13)22-17;/h2,4,7,10,13,15-17,22H,1,3,5-6,8-9,11-12H2,(H,23,25);1H. The molecule has 7 heteroatoms. The van der Waals surface area contributed by atoms with Gasteiger partial charge in [0, 0.05) is 12.6 Å². The van der Waals surface area contributed by atoms with Crippen LogP contribution in [0.25, 0.3) is 0 Å². The first-order valence-corrected chi connectivity index (χ1v) is 10.1. The predicted octanol–water partition coefficient (Wildman–Crippen LogP) is 3.29. The summed E-state index contributed by atoms with van der Waals surface area (Å²) in [6.45, 7) is 0.640. The topological polar surface area (TPSA) is 61.4 Å². The fourth-order valence-electron chi connectivity index (χ4n) is 4.71. The summed E-state index contributed by atoms with van der Waals surface area (Å²) < 4.78 is 0. The van der Waals surface area contributed by atoms with Crippen LogP contribution in [0.15, 0.2) is 24.3 Å². The first-order chi connectivity index (χ1) is 12.6. The lowest BCUT2D eigenvalue weighted by molar-refractivity contribution is -0.129. The number of hydrogen-bond donors (Lipinski definition) is 2. The third-order valence-electron chi connectivity index (χ3n) is 6.08. The lowest BCUT2D eigenvalue weighted by Gasteiger charge is -2.33. The van der Waals surface area contributed by atoms with Crippen molar-refractivity contribution in [1.29, 1.82) is 0 Å². The van der Waals surface area contributed by atoms with Crippen molar-refractivity contribution in [1.82, 2.24) is 10.6 Å². The summed E-state index contributed by atoms with van der Waals surface area (Å²) in [5.74, 6) is 0.521. The molecule has 27 heavy (non-hydrogen) atoms. The summed E-state index contributed by atoms with van der Waals surface area (Å²) >= 11 is 6.26. The zero-order valence-electron chi connectivity index (χ0n) is 15.3. The molecule has 2 heterocycles. The van der Waals surface area contributed by atoms with Gasteiger partial charge in [-0.15, -0.1) is 12.4 Å². The van der Waals surface area contributed by atoms with E-state index in [1.54, 1.807) is 11.0 Å². The fourth-order valence-corrected chi connectivity index (χ4v) is 4.95. The van der Waals surface area contributed by atoms with Gasteiger partial charge in [0.25, 0.3) is 0 Å². The van der Waals surface area contributed by atoms with E-state index in [0.29, 0.717) is 29.9 Å². The molecule has 1 aromatic rings. The predicted molar refractivity (Wildman–Crippen MR) is 110 cm³/mol. The van der Waals surface area contributed by atoms with E-state index in [2.05, 4.69) is 10.6 Å². The molecule has 1 aliphatic carbocycles. The number of hydrogen-bond acceptors (Lipinski definition) is 3. The smallest absolute Gasteiger partial charge is 0.249 e. The molecule has 3 aliphatic rings. The Balaban J connectivity index is 0.00000210. The minimum absolute atomic E-state index is 0. The molecule has 0 bridgehead atoms. The number of anilines is 1. The molecular formula is C20H27Cl2N3O2. The number of piperidine rings is 1. The minimum atomic E-state index is -0.461. The maximum absolute atomic E-state index is 12.9. The number of carbonyl (C=O) groups is 2. The number of nitrogens with zero attached hydrogens (tertiary/aromatic N) is 1. The van der Waals surface area contributed by atoms with Crippen LogP contribution in [0.1, 0.15) is 44.9 Å². The van der Waals surface area contributed by atoms with E-state index >= 15 is 0 Å². The summed E-state index contributed by atoms with van der Waals surface area (Å²) in [6, 6.07) is 7.22. The minimum Gasteiger partial charge on any atom is -0.343 e. The second-order valence-electron chi connectivity index (χ2n) is 7.75. The fraction of sp³-hybridized carbons (Fsp3) is 0.600. The van der Waals surface area contributed by atoms with Crippen molar-refractivity contribution in [3.63, 3.8) is 0 Å². The normalized spacial score (nSPS) is 30.4. The Morgan fingerprint density at radius 3 is 2.70 bits per heavy atom. The van der Waals surface area contributed by atoms with Crippen LogP contribution in [0.2, 0.25) is 5.02 Å². The number of para-hydroxylation sites is 1. The average molecular weight is 412 g/mol. The molecule has 0 aromatic heterocycles. The Labute approximate surface area is 171 Å². The summed E-state index contributed by atoms with van der Waals surface area (Å²) in [6.07, 6.45) is 7.32. The number of amides is 2. The van der Waals surface area contributed by atoms with E-state index in [1.165, 1.54) is 19.3 Å². The number of benzene rings is 1. The molecule has 3 fully saturated rings. The Kier molecular flexibility index (Phi) is 6.66. The average Bonchev–Trinajstić information content (AvgIpc) is 3.08. The van der Waals surface area contributed by atoms with Gasteiger partial charge in [-0.05, 0) is 50.2 Å². The molecule has 5 nitrogen and oxygen atoms in total. The van der Waals surface area contributed by atoms with E-state index in [1.807, 2.05) is 18.2 Å². The molecule has 2 aliphatic heterocycles. The van der Waals surface area contributed by atoms with Crippen LogP contribution in [0.4, 0.5) is 5.69 Å². The first-order valence-electron chi connectivity index (χ1n) is 9.76. The van der Waals surface area contributed by atoms with Crippen molar-refractivity contribution in [3.8, 4) is 0 Å². The zero-order chi connectivity index (χ0) is 18.1. The number of halogens is 2. The molecule has 4 atom stereocenters. The van der Waals surface area contributed by atoms with Crippen molar-refractivity contribution in [2.45, 2.75) is 63.1 Å². The Hall–Kier alpha value is -1.30. The molecule has 1 saturated carbocycles. The van der Waals surface area contributed by atoms with Crippen LogP contribution in [-0.2, 0) is 9.59 Å². The van der Waals surface area contributed by atoms with E-state index in [9.17, 15) is 9.59 Å². The highest BCUT2D eigenvalue weighted by Gasteiger charge is 2.40. The maximum atomic E-state index is 12.9. The number of rotatable bonds is 3. The SMILES string of the molecule is Cl.O=C(NC1CCCN(c2ccccc2Cl)C1=O)C1CC2CCCCC2N1. The molecule has 4 rings (SSSR count). The molecular weight excluding hydrogens is 385 g/mol. The molecule has 0 radical (unpaired) electrons. The van der Waals surface area contributed by atoms with Crippen molar-refractivity contribution >= 4 is 41.5 Å². The molecule has 148 valence electrons. The van der Waals surface area contributed by atoms with Crippen LogP contribution < -0.4 is 15.5 Å². The molecule has 0 spiro atoms. The van der Waals surface area contributed by atoms with Gasteiger partial charge in [-0.25, -0.2) is 0 Å². The lowest BCUT2D eigenvalue weighted by Crippen LogP contribution is -2.55. The molecule has 1 aromatic carbocycles. The van der Waals surface area contributed by atoms with Gasteiger partial charge >= 0.3 is 0 Å². The second kappa shape index (κ2) is 8.80.